The summed E-state index contributed by atoms with van der Waals surface area (Å²) in [5, 5.41) is 46.8. The summed E-state index contributed by atoms with van der Waals surface area (Å²) in [5.74, 6) is -11.5. The molecule has 1 fully saturated rings. The van der Waals surface area contributed by atoms with Crippen molar-refractivity contribution in [1.82, 2.24) is 37.2 Å². The molecule has 1 aliphatic carbocycles. The number of carbonyl (C=O) groups is 10. The molecule has 1 aliphatic rings. The Labute approximate surface area is 416 Å². The minimum Gasteiger partial charge on any atom is -0.481 e. The van der Waals surface area contributed by atoms with Crippen LogP contribution in [0.3, 0.4) is 0 Å². The molecule has 71 heavy (non-hydrogen) atoms. The van der Waals surface area contributed by atoms with E-state index in [1.807, 2.05) is 30.3 Å². The maximum absolute atomic E-state index is 15.0. The second-order valence-electron chi connectivity index (χ2n) is 17.4. The zero-order valence-corrected chi connectivity index (χ0v) is 40.2. The van der Waals surface area contributed by atoms with Crippen LogP contribution in [-0.4, -0.2) is 117 Å². The second-order valence-corrected chi connectivity index (χ2v) is 17.7. The number of carboxylic acids is 3. The number of aliphatic carboxylic acids is 3. The van der Waals surface area contributed by atoms with Crippen molar-refractivity contribution >= 4 is 71.9 Å². The van der Waals surface area contributed by atoms with E-state index in [2.05, 4.69) is 49.8 Å². The lowest BCUT2D eigenvalue weighted by atomic mass is 9.84. The van der Waals surface area contributed by atoms with Gasteiger partial charge in [0.2, 0.25) is 41.4 Å². The van der Waals surface area contributed by atoms with E-state index in [0.717, 1.165) is 44.6 Å². The summed E-state index contributed by atoms with van der Waals surface area (Å²) in [6.45, 7) is 1.21. The van der Waals surface area contributed by atoms with Crippen molar-refractivity contribution in [2.24, 2.45) is 5.92 Å². The molecule has 3 aromatic carbocycles. The summed E-state index contributed by atoms with van der Waals surface area (Å²) < 4.78 is 0. The van der Waals surface area contributed by atoms with Crippen LogP contribution in [0.1, 0.15) is 100 Å². The fourth-order valence-electron chi connectivity index (χ4n) is 8.32. The van der Waals surface area contributed by atoms with Gasteiger partial charge in [-0.2, -0.15) is 12.6 Å². The van der Waals surface area contributed by atoms with Crippen LogP contribution in [0.4, 0.5) is 0 Å². The highest BCUT2D eigenvalue weighted by molar-refractivity contribution is 7.80. The van der Waals surface area contributed by atoms with Gasteiger partial charge in [-0.05, 0) is 41.9 Å². The Balaban J connectivity index is 1.71. The first-order valence-electron chi connectivity index (χ1n) is 23.4. The lowest BCUT2D eigenvalue weighted by Gasteiger charge is -2.32. The minimum atomic E-state index is -1.72. The summed E-state index contributed by atoms with van der Waals surface area (Å²) in [6.07, 6.45) is 1.20. The van der Waals surface area contributed by atoms with Crippen molar-refractivity contribution in [3.8, 4) is 0 Å². The van der Waals surface area contributed by atoms with Gasteiger partial charge >= 0.3 is 17.9 Å². The van der Waals surface area contributed by atoms with Crippen LogP contribution in [0.25, 0.3) is 0 Å². The van der Waals surface area contributed by atoms with E-state index in [9.17, 15) is 63.3 Å². The van der Waals surface area contributed by atoms with Crippen molar-refractivity contribution in [1.29, 1.82) is 0 Å². The summed E-state index contributed by atoms with van der Waals surface area (Å²) in [4.78, 5) is 132. The average molecular weight is 1000 g/mol. The number of benzene rings is 3. The lowest BCUT2D eigenvalue weighted by Crippen LogP contribution is -2.61. The highest BCUT2D eigenvalue weighted by atomic mass is 32.1. The Kier molecular flexibility index (Phi) is 23.0. The normalized spacial score (nSPS) is 15.0. The van der Waals surface area contributed by atoms with Gasteiger partial charge in [0.25, 0.3) is 0 Å². The number of hydrogen-bond acceptors (Lipinski definition) is 11. The molecule has 1 saturated carbocycles. The van der Waals surface area contributed by atoms with Crippen molar-refractivity contribution < 1.29 is 63.3 Å². The third-order valence-electron chi connectivity index (χ3n) is 11.9. The molecule has 0 spiro atoms. The van der Waals surface area contributed by atoms with Gasteiger partial charge in [-0.15, -0.1) is 0 Å². The average Bonchev–Trinajstić information content (AvgIpc) is 3.34. The maximum atomic E-state index is 15.0. The van der Waals surface area contributed by atoms with E-state index in [-0.39, 0.29) is 24.6 Å². The van der Waals surface area contributed by atoms with Crippen molar-refractivity contribution in [2.75, 3.05) is 5.75 Å². The van der Waals surface area contributed by atoms with Gasteiger partial charge in [0.15, 0.2) is 0 Å². The van der Waals surface area contributed by atoms with Crippen LogP contribution in [0.5, 0.6) is 0 Å². The SMILES string of the molecule is CC(=O)N[C@@H](CC(=O)O)C(=O)N[C@@H](CCC(=O)O)C(=O)N[C@H](C(=O)N[C@@H](CCC(=O)O)C(=O)N[C@@H](CC1CCCCC1)C(=O)N[C@@H](CS)C(=O)NCc1ccccc1)C(c1ccccc1)c1ccccc1. The standard InChI is InChI=1S/C50H63N7O13S/c1-30(58)52-38(27-42(63)64)49(69)53-36(23-25-41(61)62)47(67)57-44(43(33-18-10-4-11-19-33)34-20-12-5-13-21-34)50(70)54-35(22-24-40(59)60)46(66)55-37(26-31-14-6-2-7-15-31)48(68)56-39(29-71)45(65)51-28-32-16-8-3-9-17-32/h3-5,8-13,16-21,31,35-39,43-44,71H,2,6-7,14-15,22-29H2,1H3,(H,51,65)(H,52,58)(H,53,69)(H,54,70)(H,55,66)(H,56,68)(H,57,67)(H,59,60)(H,61,62)(H,63,64)/t35-,36-,37-,38-,39-,44-/m0/s1. The number of rotatable bonds is 28. The quantitative estimate of drug-likeness (QED) is 0.0466. The van der Waals surface area contributed by atoms with Gasteiger partial charge in [0.1, 0.15) is 36.3 Å². The Hall–Kier alpha value is -7.29. The van der Waals surface area contributed by atoms with Crippen LogP contribution in [0.2, 0.25) is 0 Å². The fraction of sp³-hybridized carbons (Fsp3) is 0.440. The van der Waals surface area contributed by atoms with Gasteiger partial charge < -0.3 is 52.5 Å². The smallest absolute Gasteiger partial charge is 0.305 e. The molecule has 10 N–H and O–H groups in total. The topological polar surface area (TPSA) is 316 Å². The Morgan fingerprint density at radius 3 is 1.46 bits per heavy atom. The van der Waals surface area contributed by atoms with E-state index in [4.69, 9.17) is 0 Å². The number of carbonyl (C=O) groups excluding carboxylic acids is 7. The van der Waals surface area contributed by atoms with Gasteiger partial charge in [0.05, 0.1) is 6.42 Å². The van der Waals surface area contributed by atoms with Crippen molar-refractivity contribution in [2.45, 2.75) is 126 Å². The van der Waals surface area contributed by atoms with E-state index in [1.54, 1.807) is 60.7 Å². The predicted octanol–water partition coefficient (Wildman–Crippen LogP) is 2.17. The number of hydrogen-bond donors (Lipinski definition) is 11. The third kappa shape index (κ3) is 19.2. The fourth-order valence-corrected chi connectivity index (χ4v) is 8.58. The zero-order valence-electron chi connectivity index (χ0n) is 39.3. The van der Waals surface area contributed by atoms with E-state index in [1.165, 1.54) is 0 Å². The summed E-state index contributed by atoms with van der Waals surface area (Å²) in [5.41, 5.74) is 1.76. The Morgan fingerprint density at radius 2 is 0.972 bits per heavy atom. The molecule has 20 nitrogen and oxygen atoms in total. The molecule has 21 heteroatoms. The molecule has 0 heterocycles. The molecule has 7 amide bonds. The van der Waals surface area contributed by atoms with Crippen LogP contribution in [-0.2, 0) is 54.5 Å². The highest BCUT2D eigenvalue weighted by Gasteiger charge is 2.38. The summed E-state index contributed by atoms with van der Waals surface area (Å²) in [7, 11) is 0. The van der Waals surface area contributed by atoms with Gasteiger partial charge in [-0.1, -0.05) is 123 Å². The molecular weight excluding hydrogens is 939 g/mol. The third-order valence-corrected chi connectivity index (χ3v) is 12.3. The number of thiol groups is 1. The summed E-state index contributed by atoms with van der Waals surface area (Å²) >= 11 is 4.31. The molecule has 0 aromatic heterocycles. The first-order chi connectivity index (χ1) is 33.9. The second kappa shape index (κ2) is 29.0. The monoisotopic (exact) mass is 1000 g/mol. The van der Waals surface area contributed by atoms with Gasteiger partial charge in [-0.25, -0.2) is 0 Å². The molecule has 0 unspecified atom stereocenters. The van der Waals surface area contributed by atoms with Crippen LogP contribution in [0.15, 0.2) is 91.0 Å². The lowest BCUT2D eigenvalue weighted by molar-refractivity contribution is -0.141. The minimum absolute atomic E-state index is 0.00229. The van der Waals surface area contributed by atoms with Gasteiger partial charge in [-0.3, -0.25) is 47.9 Å². The molecule has 0 radical (unpaired) electrons. The highest BCUT2D eigenvalue weighted by Crippen LogP contribution is 2.30. The van der Waals surface area contributed by atoms with Crippen LogP contribution >= 0.6 is 12.6 Å². The first-order valence-corrected chi connectivity index (χ1v) is 24.1. The zero-order chi connectivity index (χ0) is 51.9. The molecule has 382 valence electrons. The molecule has 0 saturated heterocycles. The van der Waals surface area contributed by atoms with Crippen LogP contribution < -0.4 is 37.2 Å². The largest absolute Gasteiger partial charge is 0.481 e. The first kappa shape index (κ1) is 56.3. The molecule has 0 aliphatic heterocycles. The molecular formula is C50H63N7O13S. The molecule has 6 atom stereocenters. The number of nitrogens with one attached hydrogen (secondary N) is 7. The van der Waals surface area contributed by atoms with E-state index >= 15 is 0 Å². The Morgan fingerprint density at radius 1 is 0.521 bits per heavy atom. The number of amides is 7. The Bertz CT molecular complexity index is 2250. The van der Waals surface area contributed by atoms with Crippen LogP contribution in [0, 0.1) is 5.92 Å². The van der Waals surface area contributed by atoms with Crippen molar-refractivity contribution in [3.05, 3.63) is 108 Å². The van der Waals surface area contributed by atoms with Gasteiger partial charge in [0, 0.05) is 38.0 Å². The molecule has 4 rings (SSSR count). The molecule has 0 bridgehead atoms. The van der Waals surface area contributed by atoms with Crippen molar-refractivity contribution in [3.63, 3.8) is 0 Å². The van der Waals surface area contributed by atoms with E-state index in [0.29, 0.717) is 11.1 Å². The number of carboxylic acid groups (broad SMARTS) is 3. The maximum Gasteiger partial charge on any atom is 0.305 e. The van der Waals surface area contributed by atoms with E-state index < -0.39 is 134 Å². The predicted molar refractivity (Wildman–Crippen MR) is 261 cm³/mol. The molecule has 3 aromatic rings. The summed E-state index contributed by atoms with van der Waals surface area (Å²) in [6, 6.07) is 16.8.